The van der Waals surface area contributed by atoms with Gasteiger partial charge in [-0.3, -0.25) is 14.0 Å². The summed E-state index contributed by atoms with van der Waals surface area (Å²) < 4.78 is 8.95. The number of carbonyl (C=O) groups is 1. The molecule has 1 aromatic carbocycles. The van der Waals surface area contributed by atoms with Gasteiger partial charge in [-0.2, -0.15) is 0 Å². The molecule has 6 nitrogen and oxygen atoms in total. The minimum absolute atomic E-state index is 0.00343. The lowest BCUT2D eigenvalue weighted by molar-refractivity contribution is -0.145. The standard InChI is InChI=1S/C21H19N3O3S2/c1-14-8-9-18-22-15(11-19(25)24(18)12-14)13-27-20(26)7-4-10-28-21-23-16-5-2-3-6-17(16)29-21/h2-3,5-6,8-9,11-12H,4,7,10,13H2,1H3. The second kappa shape index (κ2) is 8.75. The van der Waals surface area contributed by atoms with Crippen LogP contribution in [0.3, 0.4) is 0 Å². The Hall–Kier alpha value is -2.71. The summed E-state index contributed by atoms with van der Waals surface area (Å²) in [6.07, 6.45) is 2.76. The Bertz CT molecular complexity index is 1200. The number of thiazole rings is 1. The minimum Gasteiger partial charge on any atom is -0.459 e. The van der Waals surface area contributed by atoms with Crippen LogP contribution in [0.4, 0.5) is 0 Å². The van der Waals surface area contributed by atoms with Gasteiger partial charge in [-0.15, -0.1) is 11.3 Å². The van der Waals surface area contributed by atoms with Crippen molar-refractivity contribution >= 4 is 44.9 Å². The third kappa shape index (κ3) is 4.83. The first-order valence-electron chi connectivity index (χ1n) is 9.21. The molecule has 0 aliphatic carbocycles. The molecule has 0 aliphatic heterocycles. The Morgan fingerprint density at radius 3 is 2.93 bits per heavy atom. The largest absolute Gasteiger partial charge is 0.459 e. The van der Waals surface area contributed by atoms with E-state index in [0.29, 0.717) is 24.2 Å². The first-order valence-corrected chi connectivity index (χ1v) is 11.0. The van der Waals surface area contributed by atoms with E-state index in [1.165, 1.54) is 15.2 Å². The maximum atomic E-state index is 12.2. The summed E-state index contributed by atoms with van der Waals surface area (Å²) in [5.41, 5.74) is 2.80. The molecule has 4 rings (SSSR count). The molecule has 0 saturated heterocycles. The van der Waals surface area contributed by atoms with Crippen molar-refractivity contribution in [2.75, 3.05) is 5.75 Å². The fourth-order valence-corrected chi connectivity index (χ4v) is 4.93. The average Bonchev–Trinajstić information content (AvgIpc) is 3.13. The van der Waals surface area contributed by atoms with Gasteiger partial charge < -0.3 is 4.74 Å². The number of hydrogen-bond donors (Lipinski definition) is 0. The van der Waals surface area contributed by atoms with Gasteiger partial charge in [-0.1, -0.05) is 30.0 Å². The van der Waals surface area contributed by atoms with Crippen LogP contribution in [0.5, 0.6) is 0 Å². The normalized spacial score (nSPS) is 11.2. The number of benzene rings is 1. The molecule has 0 atom stereocenters. The molecular weight excluding hydrogens is 406 g/mol. The number of aryl methyl sites for hydroxylation is 1. The molecule has 0 saturated carbocycles. The van der Waals surface area contributed by atoms with Crippen LogP contribution in [0.15, 0.2) is 57.8 Å². The number of ether oxygens (including phenoxy) is 1. The highest BCUT2D eigenvalue weighted by atomic mass is 32.2. The van der Waals surface area contributed by atoms with E-state index in [-0.39, 0.29) is 18.1 Å². The zero-order valence-electron chi connectivity index (χ0n) is 15.8. The highest BCUT2D eigenvalue weighted by molar-refractivity contribution is 8.01. The zero-order chi connectivity index (χ0) is 20.2. The molecule has 0 fully saturated rings. The summed E-state index contributed by atoms with van der Waals surface area (Å²) in [4.78, 5) is 33.1. The van der Waals surface area contributed by atoms with E-state index in [1.54, 1.807) is 35.4 Å². The maximum absolute atomic E-state index is 12.2. The first kappa shape index (κ1) is 19.6. The first-order chi connectivity index (χ1) is 14.1. The van der Waals surface area contributed by atoms with Crippen LogP contribution in [-0.2, 0) is 16.1 Å². The van der Waals surface area contributed by atoms with Gasteiger partial charge in [-0.25, -0.2) is 9.97 Å². The van der Waals surface area contributed by atoms with E-state index in [1.807, 2.05) is 31.2 Å². The number of rotatable bonds is 7. The zero-order valence-corrected chi connectivity index (χ0v) is 17.5. The van der Waals surface area contributed by atoms with Crippen molar-refractivity contribution < 1.29 is 9.53 Å². The number of aromatic nitrogens is 3. The smallest absolute Gasteiger partial charge is 0.306 e. The van der Waals surface area contributed by atoms with Gasteiger partial charge in [0, 0.05) is 24.4 Å². The summed E-state index contributed by atoms with van der Waals surface area (Å²) in [5.74, 6) is 0.505. The van der Waals surface area contributed by atoms with Crippen molar-refractivity contribution in [3.63, 3.8) is 0 Å². The highest BCUT2D eigenvalue weighted by Gasteiger charge is 2.08. The third-order valence-corrected chi connectivity index (χ3v) is 6.53. The summed E-state index contributed by atoms with van der Waals surface area (Å²) in [6.45, 7) is 1.92. The molecule has 0 N–H and O–H groups in total. The quantitative estimate of drug-likeness (QED) is 0.251. The van der Waals surface area contributed by atoms with Crippen LogP contribution in [-0.4, -0.2) is 26.1 Å². The van der Waals surface area contributed by atoms with E-state index >= 15 is 0 Å². The van der Waals surface area contributed by atoms with Crippen molar-refractivity contribution in [1.82, 2.24) is 14.4 Å². The molecule has 0 radical (unpaired) electrons. The molecule has 3 heterocycles. The number of hydrogen-bond acceptors (Lipinski definition) is 7. The van der Waals surface area contributed by atoms with Crippen molar-refractivity contribution in [2.45, 2.75) is 30.7 Å². The van der Waals surface area contributed by atoms with E-state index in [4.69, 9.17) is 4.74 Å². The molecular formula is C21H19N3O3S2. The van der Waals surface area contributed by atoms with Crippen LogP contribution >= 0.6 is 23.1 Å². The Morgan fingerprint density at radius 1 is 1.21 bits per heavy atom. The average molecular weight is 426 g/mol. The molecule has 3 aromatic heterocycles. The lowest BCUT2D eigenvalue weighted by Gasteiger charge is -2.06. The van der Waals surface area contributed by atoms with Gasteiger partial charge in [-0.05, 0) is 37.1 Å². The van der Waals surface area contributed by atoms with Crippen LogP contribution in [0.1, 0.15) is 24.1 Å². The number of carbonyl (C=O) groups excluding carboxylic acids is 1. The van der Waals surface area contributed by atoms with Crippen LogP contribution in [0.2, 0.25) is 0 Å². The van der Waals surface area contributed by atoms with Crippen molar-refractivity contribution in [2.24, 2.45) is 0 Å². The summed E-state index contributed by atoms with van der Waals surface area (Å²) in [5, 5.41) is 0. The third-order valence-electron chi connectivity index (χ3n) is 4.27. The second-order valence-corrected chi connectivity index (χ2v) is 8.95. The van der Waals surface area contributed by atoms with E-state index < -0.39 is 0 Å². The molecule has 148 valence electrons. The Balaban J connectivity index is 1.25. The van der Waals surface area contributed by atoms with Crippen molar-refractivity contribution in [3.8, 4) is 0 Å². The monoisotopic (exact) mass is 425 g/mol. The summed E-state index contributed by atoms with van der Waals surface area (Å²) >= 11 is 3.31. The molecule has 4 aromatic rings. The van der Waals surface area contributed by atoms with Crippen LogP contribution < -0.4 is 5.56 Å². The van der Waals surface area contributed by atoms with Gasteiger partial charge >= 0.3 is 5.97 Å². The molecule has 0 spiro atoms. The fourth-order valence-electron chi connectivity index (χ4n) is 2.85. The summed E-state index contributed by atoms with van der Waals surface area (Å²) in [6, 6.07) is 13.1. The molecule has 0 amide bonds. The second-order valence-electron chi connectivity index (χ2n) is 6.58. The number of para-hydroxylation sites is 1. The highest BCUT2D eigenvalue weighted by Crippen LogP contribution is 2.29. The Morgan fingerprint density at radius 2 is 2.07 bits per heavy atom. The lowest BCUT2D eigenvalue weighted by Crippen LogP contribution is -2.16. The van der Waals surface area contributed by atoms with Gasteiger partial charge in [0.15, 0.2) is 4.34 Å². The minimum atomic E-state index is -0.291. The predicted octanol–water partition coefficient (Wildman–Crippen LogP) is 4.23. The van der Waals surface area contributed by atoms with Gasteiger partial charge in [0.25, 0.3) is 5.56 Å². The molecule has 29 heavy (non-hydrogen) atoms. The number of pyridine rings is 1. The van der Waals surface area contributed by atoms with E-state index in [9.17, 15) is 9.59 Å². The molecule has 0 bridgehead atoms. The molecule has 0 unspecified atom stereocenters. The van der Waals surface area contributed by atoms with Gasteiger partial charge in [0.2, 0.25) is 0 Å². The van der Waals surface area contributed by atoms with Crippen molar-refractivity contribution in [3.05, 3.63) is 70.3 Å². The molecule has 8 heteroatoms. The Kier molecular flexibility index (Phi) is 5.92. The SMILES string of the molecule is Cc1ccc2nc(COC(=O)CCCSc3nc4ccccc4s3)cc(=O)n2c1. The predicted molar refractivity (Wildman–Crippen MR) is 116 cm³/mol. The Labute approximate surface area is 175 Å². The van der Waals surface area contributed by atoms with Gasteiger partial charge in [0.1, 0.15) is 12.3 Å². The van der Waals surface area contributed by atoms with E-state index in [2.05, 4.69) is 16.0 Å². The van der Waals surface area contributed by atoms with Crippen LogP contribution in [0, 0.1) is 6.92 Å². The van der Waals surface area contributed by atoms with E-state index in [0.717, 1.165) is 21.2 Å². The lowest BCUT2D eigenvalue weighted by atomic mass is 10.3. The van der Waals surface area contributed by atoms with Gasteiger partial charge in [0.05, 0.1) is 15.9 Å². The number of esters is 1. The molecule has 0 aliphatic rings. The fraction of sp³-hybridized carbons (Fsp3) is 0.238. The summed E-state index contributed by atoms with van der Waals surface area (Å²) in [7, 11) is 0. The topological polar surface area (TPSA) is 73.6 Å². The maximum Gasteiger partial charge on any atom is 0.306 e. The number of fused-ring (bicyclic) bond motifs is 2. The van der Waals surface area contributed by atoms with Crippen LogP contribution in [0.25, 0.3) is 15.9 Å². The van der Waals surface area contributed by atoms with Crippen molar-refractivity contribution in [1.29, 1.82) is 0 Å². The number of thioether (sulfide) groups is 1. The number of nitrogens with zero attached hydrogens (tertiary/aromatic N) is 3.